The number of nitrogens with zero attached hydrogens (tertiary/aromatic N) is 5. The van der Waals surface area contributed by atoms with Crippen LogP contribution in [0.5, 0.6) is 0 Å². The molecule has 2 aliphatic heterocycles. The van der Waals surface area contributed by atoms with Gasteiger partial charge in [-0.3, -0.25) is 0 Å². The average Bonchev–Trinajstić information content (AvgIpc) is 4.11. The van der Waals surface area contributed by atoms with Gasteiger partial charge < -0.3 is 9.80 Å². The second-order valence-corrected chi connectivity index (χ2v) is 30.9. The van der Waals surface area contributed by atoms with Gasteiger partial charge in [0.25, 0.3) is 0 Å². The minimum atomic E-state index is -2.40. The highest BCUT2D eigenvalue weighted by molar-refractivity contribution is 7.00. The maximum absolute atomic E-state index is 5.88. The zero-order valence-electron chi connectivity index (χ0n) is 44.2. The fourth-order valence-corrected chi connectivity index (χ4v) is 26.2. The van der Waals surface area contributed by atoms with E-state index in [1.165, 1.54) is 73.9 Å². The van der Waals surface area contributed by atoms with Crippen LogP contribution in [0.15, 0.2) is 217 Å². The topological polar surface area (TPSA) is 45.2 Å². The van der Waals surface area contributed by atoms with Gasteiger partial charge in [-0.1, -0.05) is 234 Å². The van der Waals surface area contributed by atoms with Gasteiger partial charge in [0.2, 0.25) is 5.95 Å². The van der Waals surface area contributed by atoms with Crippen LogP contribution in [0, 0.1) is 23.7 Å². The molecule has 0 spiro atoms. The molecule has 8 aliphatic carbocycles. The summed E-state index contributed by atoms with van der Waals surface area (Å²) in [4.78, 5) is 23.0. The highest BCUT2D eigenvalue weighted by Gasteiger charge is 2.54. The van der Waals surface area contributed by atoms with Crippen LogP contribution in [0.3, 0.4) is 0 Å². The van der Waals surface area contributed by atoms with Crippen molar-refractivity contribution < 1.29 is 0 Å². The van der Waals surface area contributed by atoms with Crippen molar-refractivity contribution in [3.05, 3.63) is 223 Å². The highest BCUT2D eigenvalue weighted by atomic mass is 28.3. The van der Waals surface area contributed by atoms with Gasteiger partial charge >= 0.3 is 0 Å². The predicted octanol–water partition coefficient (Wildman–Crippen LogP) is 13.7. The Labute approximate surface area is 455 Å². The first-order chi connectivity index (χ1) is 37.7. The van der Waals surface area contributed by atoms with Crippen LogP contribution in [0.1, 0.15) is 102 Å². The molecule has 13 unspecified atom stereocenters. The summed E-state index contributed by atoms with van der Waals surface area (Å²) in [5, 5.41) is 6.18. The predicted molar refractivity (Wildman–Crippen MR) is 319 cm³/mol. The van der Waals surface area contributed by atoms with Crippen molar-refractivity contribution in [3.63, 3.8) is 0 Å². The first-order valence-electron chi connectivity index (χ1n) is 29.6. The molecule has 14 rings (SSSR count). The summed E-state index contributed by atoms with van der Waals surface area (Å²) in [5.41, 5.74) is 4.07. The third-order valence-electron chi connectivity index (χ3n) is 19.8. The van der Waals surface area contributed by atoms with Crippen molar-refractivity contribution >= 4 is 38.4 Å². The van der Waals surface area contributed by atoms with E-state index in [4.69, 9.17) is 15.0 Å². The Balaban J connectivity index is 0.904. The van der Waals surface area contributed by atoms with Gasteiger partial charge in [0.05, 0.1) is 12.1 Å². The lowest BCUT2D eigenvalue weighted by atomic mass is 9.77. The lowest BCUT2D eigenvalue weighted by Gasteiger charge is -2.48. The lowest BCUT2D eigenvalue weighted by Crippen LogP contribution is -2.57. The smallest absolute Gasteiger partial charge is 0.229 e. The third-order valence-corrected chi connectivity index (χ3v) is 28.9. The fourth-order valence-electron chi connectivity index (χ4n) is 16.6. The molecular weight excluding hydrogens is 955 g/mol. The second kappa shape index (κ2) is 21.0. The summed E-state index contributed by atoms with van der Waals surface area (Å²) in [7, 11) is -3.58. The van der Waals surface area contributed by atoms with Crippen molar-refractivity contribution in [1.82, 2.24) is 19.9 Å². The van der Waals surface area contributed by atoms with Gasteiger partial charge in [-0.15, -0.1) is 0 Å². The van der Waals surface area contributed by atoms with Crippen LogP contribution in [-0.2, 0) is 0 Å². The Bertz CT molecular complexity index is 3140. The molecule has 0 amide bonds. The van der Waals surface area contributed by atoms with Crippen molar-refractivity contribution in [3.8, 4) is 11.4 Å². The number of aromatic nitrogens is 3. The number of benzene rings is 3. The Kier molecular flexibility index (Phi) is 13.3. The standard InChI is InChI=1S/C69H74N5Si2/c1-6-26-52(27-7-1)75(53-28-8-2-9-29-53)54-30-22-24-49(46-54)67-70-68(50-25-23-37-58(47-50)76(55-31-10-3-11-32-55,56-33-12-4-13-34-56)57-35-14-5-15-36-57)72-69(71-67)74-65-43-21-18-40-61(65)62-48-51(44-45-66(62)74)73-63-41-19-16-38-59(63)60-39-17-20-42-64(60)73/h1-4,6-14,16-17,19,22,24,26-28,30-33,35,38-39,41,44-48,50,53,56-57,59-66H,5,15,18,20-21,23,25,29,34,36-37,40,42-43H2. The van der Waals surface area contributed by atoms with Crippen molar-refractivity contribution in [2.45, 2.75) is 137 Å². The molecule has 383 valence electrons. The molecule has 0 bridgehead atoms. The summed E-state index contributed by atoms with van der Waals surface area (Å²) < 4.78 is 0. The Morgan fingerprint density at radius 3 is 2.17 bits per heavy atom. The molecule has 0 N–H and O–H groups in total. The van der Waals surface area contributed by atoms with Crippen molar-refractivity contribution in [2.24, 2.45) is 23.7 Å². The molecule has 2 saturated heterocycles. The van der Waals surface area contributed by atoms with Crippen LogP contribution in [0.2, 0.25) is 16.6 Å². The molecule has 3 aromatic carbocycles. The molecular formula is C69H74N5Si2. The summed E-state index contributed by atoms with van der Waals surface area (Å²) in [6, 6.07) is 34.1. The van der Waals surface area contributed by atoms with E-state index in [9.17, 15) is 0 Å². The maximum atomic E-state index is 5.88. The van der Waals surface area contributed by atoms with E-state index in [0.29, 0.717) is 58.4 Å². The number of likely N-dealkylation sites (tertiary alicyclic amines) is 1. The molecule has 5 nitrogen and oxygen atoms in total. The normalized spacial score (nSPS) is 32.6. The lowest BCUT2D eigenvalue weighted by molar-refractivity contribution is 0.249. The highest BCUT2D eigenvalue weighted by Crippen LogP contribution is 2.53. The summed E-state index contributed by atoms with van der Waals surface area (Å²) in [6.45, 7) is 0. The molecule has 4 aromatic rings. The van der Waals surface area contributed by atoms with E-state index in [1.807, 2.05) is 0 Å². The number of rotatable bonds is 11. The minimum absolute atomic E-state index is 0.106. The molecule has 3 heterocycles. The summed E-state index contributed by atoms with van der Waals surface area (Å²) >= 11 is 0. The zero-order valence-corrected chi connectivity index (χ0v) is 46.2. The van der Waals surface area contributed by atoms with Crippen LogP contribution < -0.4 is 20.5 Å². The largest absolute Gasteiger partial charge is 0.361 e. The molecule has 1 saturated carbocycles. The van der Waals surface area contributed by atoms with Gasteiger partial charge in [-0.05, 0) is 106 Å². The zero-order chi connectivity index (χ0) is 50.4. The van der Waals surface area contributed by atoms with Crippen LogP contribution in [0.4, 0.5) is 5.95 Å². The molecule has 7 heteroatoms. The van der Waals surface area contributed by atoms with Crippen molar-refractivity contribution in [1.29, 1.82) is 0 Å². The minimum Gasteiger partial charge on any atom is -0.361 e. The van der Waals surface area contributed by atoms with E-state index >= 15 is 0 Å². The summed E-state index contributed by atoms with van der Waals surface area (Å²) in [5.74, 6) is 4.87. The number of hydrogen-bond acceptors (Lipinski definition) is 5. The van der Waals surface area contributed by atoms with Crippen molar-refractivity contribution in [2.75, 3.05) is 4.90 Å². The number of fused-ring (bicyclic) bond motifs is 6. The number of anilines is 1. The second-order valence-electron chi connectivity index (χ2n) is 23.7. The van der Waals surface area contributed by atoms with Crippen LogP contribution in [-0.4, -0.2) is 60.9 Å². The monoisotopic (exact) mass is 1030 g/mol. The van der Waals surface area contributed by atoms with E-state index in [2.05, 4.69) is 216 Å². The molecule has 3 fully saturated rings. The van der Waals surface area contributed by atoms with E-state index in [-0.39, 0.29) is 12.0 Å². The Hall–Kier alpha value is -6.16. The fraction of sp³-hybridized carbons (Fsp3) is 0.377. The quantitative estimate of drug-likeness (QED) is 0.111. The molecule has 76 heavy (non-hydrogen) atoms. The first-order valence-corrected chi connectivity index (χ1v) is 33.3. The number of hydrogen-bond donors (Lipinski definition) is 0. The first kappa shape index (κ1) is 48.2. The molecule has 1 aromatic heterocycles. The average molecular weight is 1030 g/mol. The molecule has 1 radical (unpaired) electrons. The van der Waals surface area contributed by atoms with Gasteiger partial charge in [-0.2, -0.15) is 9.97 Å². The van der Waals surface area contributed by atoms with E-state index in [0.717, 1.165) is 55.3 Å². The SMILES string of the molecule is C1=CCC([Si](c2ccccc2)c2cccc(-c3nc(C4C=C([Si](c5ccccc5)(C5C=CC=CC5)C5C=CCCC5)CCC4)nc(N4C5C=CC(N6C7C=CC=CC7C7C=CCCC76)=CC5C5CCCCC54)n3)c2)C=C1. The van der Waals surface area contributed by atoms with Crippen LogP contribution in [0.25, 0.3) is 11.4 Å². The molecule has 13 atom stereocenters. The van der Waals surface area contributed by atoms with Gasteiger partial charge in [0, 0.05) is 47.0 Å². The van der Waals surface area contributed by atoms with Crippen LogP contribution >= 0.6 is 0 Å². The Morgan fingerprint density at radius 1 is 0.526 bits per heavy atom. The van der Waals surface area contributed by atoms with Gasteiger partial charge in [0.15, 0.2) is 5.82 Å². The van der Waals surface area contributed by atoms with Gasteiger partial charge in [0.1, 0.15) is 22.7 Å². The Morgan fingerprint density at radius 2 is 1.33 bits per heavy atom. The van der Waals surface area contributed by atoms with E-state index in [1.54, 1.807) is 10.4 Å². The summed E-state index contributed by atoms with van der Waals surface area (Å²) in [6.07, 6.45) is 65.9. The third kappa shape index (κ3) is 8.59. The maximum Gasteiger partial charge on any atom is 0.229 e. The van der Waals surface area contributed by atoms with Gasteiger partial charge in [-0.25, -0.2) is 4.98 Å². The number of allylic oxidation sites excluding steroid dienone is 16. The van der Waals surface area contributed by atoms with E-state index < -0.39 is 16.9 Å². The molecule has 10 aliphatic rings.